The normalized spacial score (nSPS) is 14.1. The van der Waals surface area contributed by atoms with Gasteiger partial charge in [-0.15, -0.1) is 0 Å². The van der Waals surface area contributed by atoms with E-state index in [2.05, 4.69) is 29.0 Å². The second kappa shape index (κ2) is 2.89. The van der Waals surface area contributed by atoms with Crippen LogP contribution in [0, 0.1) is 6.92 Å². The lowest BCUT2D eigenvalue weighted by Gasteiger charge is -1.98. The summed E-state index contributed by atoms with van der Waals surface area (Å²) in [6.07, 6.45) is 4.59. The molecule has 0 bridgehead atoms. The number of aliphatic imine (C=N–C) groups is 2. The van der Waals surface area contributed by atoms with E-state index in [1.165, 1.54) is 5.56 Å². The molecule has 1 aromatic carbocycles. The molecule has 2 nitrogen and oxygen atoms in total. The number of fused-ring (bicyclic) bond motifs is 1. The molecular weight excluding hydrogens is 148 g/mol. The fourth-order valence-corrected chi connectivity index (χ4v) is 1.20. The van der Waals surface area contributed by atoms with Crippen LogP contribution in [0.15, 0.2) is 28.2 Å². The van der Waals surface area contributed by atoms with E-state index < -0.39 is 0 Å². The van der Waals surface area contributed by atoms with Gasteiger partial charge < -0.3 is 0 Å². The Bertz CT molecular complexity index is 351. The molecule has 12 heavy (non-hydrogen) atoms. The number of nitrogens with zero attached hydrogens (tertiary/aromatic N) is 2. The Labute approximate surface area is 71.7 Å². The lowest BCUT2D eigenvalue weighted by atomic mass is 10.2. The monoisotopic (exact) mass is 158 g/mol. The Balaban J connectivity index is 2.58. The summed E-state index contributed by atoms with van der Waals surface area (Å²) in [5.41, 5.74) is 3.17. The summed E-state index contributed by atoms with van der Waals surface area (Å²) >= 11 is 0. The molecule has 1 aromatic rings. The van der Waals surface area contributed by atoms with Gasteiger partial charge in [-0.2, -0.15) is 0 Å². The SMILES string of the molecule is Cc1ccc2c(c1)N=CCC=N2. The number of benzene rings is 1. The maximum Gasteiger partial charge on any atom is 0.0884 e. The molecule has 0 aliphatic carbocycles. The summed E-state index contributed by atoms with van der Waals surface area (Å²) in [6, 6.07) is 6.11. The molecule has 0 aromatic heterocycles. The van der Waals surface area contributed by atoms with Crippen molar-refractivity contribution in [3.63, 3.8) is 0 Å². The summed E-state index contributed by atoms with van der Waals surface area (Å²) in [5, 5.41) is 0. The van der Waals surface area contributed by atoms with Gasteiger partial charge >= 0.3 is 0 Å². The topological polar surface area (TPSA) is 24.7 Å². The molecule has 1 heterocycles. The van der Waals surface area contributed by atoms with Crippen molar-refractivity contribution in [3.8, 4) is 0 Å². The Morgan fingerprint density at radius 1 is 1.08 bits per heavy atom. The number of aryl methyl sites for hydroxylation is 1. The van der Waals surface area contributed by atoms with Crippen molar-refractivity contribution in [1.82, 2.24) is 0 Å². The van der Waals surface area contributed by atoms with E-state index in [4.69, 9.17) is 0 Å². The van der Waals surface area contributed by atoms with Crippen molar-refractivity contribution < 1.29 is 0 Å². The molecule has 1 aliphatic heterocycles. The zero-order valence-electron chi connectivity index (χ0n) is 6.99. The number of hydrogen-bond donors (Lipinski definition) is 0. The zero-order valence-corrected chi connectivity index (χ0v) is 6.99. The van der Waals surface area contributed by atoms with Crippen LogP contribution in [0.3, 0.4) is 0 Å². The Morgan fingerprint density at radius 2 is 1.83 bits per heavy atom. The number of rotatable bonds is 0. The molecule has 0 fully saturated rings. The van der Waals surface area contributed by atoms with Gasteiger partial charge in [0.15, 0.2) is 0 Å². The molecule has 0 spiro atoms. The lowest BCUT2D eigenvalue weighted by molar-refractivity contribution is 1.41. The molecule has 1 aliphatic rings. The summed E-state index contributed by atoms with van der Waals surface area (Å²) in [7, 11) is 0. The maximum atomic E-state index is 4.30. The van der Waals surface area contributed by atoms with Crippen molar-refractivity contribution >= 4 is 23.8 Å². The molecule has 0 radical (unpaired) electrons. The Kier molecular flexibility index (Phi) is 1.74. The van der Waals surface area contributed by atoms with E-state index in [0.29, 0.717) is 0 Å². The third-order valence-corrected chi connectivity index (χ3v) is 1.80. The van der Waals surface area contributed by atoms with E-state index in [-0.39, 0.29) is 0 Å². The van der Waals surface area contributed by atoms with E-state index in [1.807, 2.05) is 18.5 Å². The van der Waals surface area contributed by atoms with Crippen molar-refractivity contribution in [2.24, 2.45) is 9.98 Å². The Morgan fingerprint density at radius 3 is 2.67 bits per heavy atom. The highest BCUT2D eigenvalue weighted by atomic mass is 14.8. The predicted molar refractivity (Wildman–Crippen MR) is 52.1 cm³/mol. The van der Waals surface area contributed by atoms with Crippen LogP contribution in [0.25, 0.3) is 0 Å². The van der Waals surface area contributed by atoms with Crippen molar-refractivity contribution in [3.05, 3.63) is 23.8 Å². The van der Waals surface area contributed by atoms with Gasteiger partial charge in [-0.1, -0.05) is 6.07 Å². The van der Waals surface area contributed by atoms with Crippen molar-refractivity contribution in [2.45, 2.75) is 13.3 Å². The second-order valence-electron chi connectivity index (χ2n) is 2.85. The highest BCUT2D eigenvalue weighted by Gasteiger charge is 2.00. The van der Waals surface area contributed by atoms with E-state index >= 15 is 0 Å². The van der Waals surface area contributed by atoms with E-state index in [9.17, 15) is 0 Å². The van der Waals surface area contributed by atoms with Gasteiger partial charge in [0, 0.05) is 18.9 Å². The van der Waals surface area contributed by atoms with Gasteiger partial charge in [0.05, 0.1) is 11.4 Å². The first kappa shape index (κ1) is 7.22. The molecule has 0 saturated carbocycles. The minimum absolute atomic E-state index is 0.827. The largest absolute Gasteiger partial charge is 0.259 e. The molecule has 0 saturated heterocycles. The lowest BCUT2D eigenvalue weighted by Crippen LogP contribution is -1.71. The van der Waals surface area contributed by atoms with Gasteiger partial charge in [0.1, 0.15) is 0 Å². The summed E-state index contributed by atoms with van der Waals surface area (Å²) in [4.78, 5) is 8.58. The average Bonchev–Trinajstić information content (AvgIpc) is 2.28. The number of hydrogen-bond acceptors (Lipinski definition) is 2. The first-order valence-corrected chi connectivity index (χ1v) is 4.02. The van der Waals surface area contributed by atoms with Crippen LogP contribution < -0.4 is 0 Å². The molecular formula is C10H10N2. The van der Waals surface area contributed by atoms with Crippen LogP contribution in [0.2, 0.25) is 0 Å². The first-order chi connectivity index (χ1) is 5.86. The van der Waals surface area contributed by atoms with Gasteiger partial charge in [-0.05, 0) is 24.6 Å². The Hall–Kier alpha value is -1.44. The maximum absolute atomic E-state index is 4.30. The molecule has 0 N–H and O–H groups in total. The third kappa shape index (κ3) is 1.28. The van der Waals surface area contributed by atoms with Crippen LogP contribution >= 0.6 is 0 Å². The quantitative estimate of drug-likeness (QED) is 0.554. The van der Waals surface area contributed by atoms with Crippen LogP contribution in [-0.4, -0.2) is 12.4 Å². The van der Waals surface area contributed by atoms with E-state index in [0.717, 1.165) is 17.8 Å². The second-order valence-corrected chi connectivity index (χ2v) is 2.85. The predicted octanol–water partition coefficient (Wildman–Crippen LogP) is 2.80. The van der Waals surface area contributed by atoms with Crippen molar-refractivity contribution in [2.75, 3.05) is 0 Å². The van der Waals surface area contributed by atoms with Crippen LogP contribution in [0.4, 0.5) is 11.4 Å². The molecule has 2 heteroatoms. The summed E-state index contributed by atoms with van der Waals surface area (Å²) in [6.45, 7) is 2.06. The van der Waals surface area contributed by atoms with Gasteiger partial charge in [0.2, 0.25) is 0 Å². The van der Waals surface area contributed by atoms with Gasteiger partial charge in [0.25, 0.3) is 0 Å². The molecule has 0 atom stereocenters. The zero-order chi connectivity index (χ0) is 8.39. The standard InChI is InChI=1S/C10H10N2/c1-8-3-4-9-10(7-8)12-6-2-5-11-9/h3-7H,2H2,1H3. The van der Waals surface area contributed by atoms with Crippen LogP contribution in [0.1, 0.15) is 12.0 Å². The van der Waals surface area contributed by atoms with Crippen molar-refractivity contribution in [1.29, 1.82) is 0 Å². The average molecular weight is 158 g/mol. The molecule has 0 unspecified atom stereocenters. The van der Waals surface area contributed by atoms with Crippen LogP contribution in [0.5, 0.6) is 0 Å². The van der Waals surface area contributed by atoms with E-state index in [1.54, 1.807) is 0 Å². The minimum atomic E-state index is 0.827. The summed E-state index contributed by atoms with van der Waals surface area (Å²) < 4.78 is 0. The minimum Gasteiger partial charge on any atom is -0.259 e. The van der Waals surface area contributed by atoms with Gasteiger partial charge in [-0.3, -0.25) is 9.98 Å². The first-order valence-electron chi connectivity index (χ1n) is 4.02. The smallest absolute Gasteiger partial charge is 0.0884 e. The molecule has 60 valence electrons. The highest BCUT2D eigenvalue weighted by molar-refractivity contribution is 5.87. The third-order valence-electron chi connectivity index (χ3n) is 1.80. The highest BCUT2D eigenvalue weighted by Crippen LogP contribution is 2.29. The fraction of sp³-hybridized carbons (Fsp3) is 0.200. The summed E-state index contributed by atoms with van der Waals surface area (Å²) in [5.74, 6) is 0. The fourth-order valence-electron chi connectivity index (χ4n) is 1.20. The molecule has 0 amide bonds. The molecule has 2 rings (SSSR count). The van der Waals surface area contributed by atoms with Gasteiger partial charge in [-0.25, -0.2) is 0 Å². The van der Waals surface area contributed by atoms with Crippen LogP contribution in [-0.2, 0) is 0 Å².